The summed E-state index contributed by atoms with van der Waals surface area (Å²) in [6.45, 7) is 6.22. The lowest BCUT2D eigenvalue weighted by Gasteiger charge is -2.23. The predicted octanol–water partition coefficient (Wildman–Crippen LogP) is 2.85. The van der Waals surface area contributed by atoms with Gasteiger partial charge >= 0.3 is 0 Å². The van der Waals surface area contributed by atoms with Gasteiger partial charge in [-0.3, -0.25) is 4.68 Å². The Hall–Kier alpha value is -3.08. The Labute approximate surface area is 157 Å². The largest absolute Gasteiger partial charge is 0.355 e. The van der Waals surface area contributed by atoms with E-state index in [1.165, 1.54) is 12.8 Å². The summed E-state index contributed by atoms with van der Waals surface area (Å²) in [5, 5.41) is 18.0. The van der Waals surface area contributed by atoms with Gasteiger partial charge in [-0.05, 0) is 31.1 Å². The van der Waals surface area contributed by atoms with E-state index < -0.39 is 0 Å². The Bertz CT molecular complexity index is 1080. The Kier molecular flexibility index (Phi) is 3.26. The summed E-state index contributed by atoms with van der Waals surface area (Å²) >= 11 is 0. The monoisotopic (exact) mass is 362 g/mol. The first-order valence-electron chi connectivity index (χ1n) is 9.34. The number of nitrogens with one attached hydrogen (secondary N) is 2. The molecule has 3 aromatic rings. The van der Waals surface area contributed by atoms with Gasteiger partial charge in [-0.25, -0.2) is 0 Å². The van der Waals surface area contributed by atoms with Crippen molar-refractivity contribution in [3.8, 4) is 6.07 Å². The van der Waals surface area contributed by atoms with E-state index in [1.807, 2.05) is 20.2 Å². The normalized spacial score (nSPS) is 23.5. The number of hydrogen-bond acceptors (Lipinski definition) is 6. The number of rotatable bonds is 4. The van der Waals surface area contributed by atoms with Crippen molar-refractivity contribution in [3.63, 3.8) is 0 Å². The van der Waals surface area contributed by atoms with E-state index in [0.29, 0.717) is 22.6 Å². The molecule has 0 bridgehead atoms. The summed E-state index contributed by atoms with van der Waals surface area (Å²) in [6.07, 6.45) is 6.14. The van der Waals surface area contributed by atoms with E-state index in [-0.39, 0.29) is 0 Å². The minimum absolute atomic E-state index is 0.438. The first-order chi connectivity index (χ1) is 13.0. The molecule has 0 spiro atoms. The van der Waals surface area contributed by atoms with Crippen LogP contribution in [0.3, 0.4) is 0 Å². The molecular weight excluding hydrogens is 340 g/mol. The summed E-state index contributed by atoms with van der Waals surface area (Å²) in [6, 6.07) is 2.27. The predicted molar refractivity (Wildman–Crippen MR) is 103 cm³/mol. The SMILES string of the molecule is CCC12CC1CN(c1nc(Nc3cn(C)nc3C)nc3[nH]cc(C#N)c13)C2. The molecule has 1 saturated carbocycles. The molecule has 2 atom stereocenters. The molecule has 8 heteroatoms. The first-order valence-corrected chi connectivity index (χ1v) is 9.34. The second kappa shape index (κ2) is 5.46. The molecule has 0 aromatic carbocycles. The van der Waals surface area contributed by atoms with Crippen molar-refractivity contribution in [2.75, 3.05) is 23.3 Å². The van der Waals surface area contributed by atoms with Crippen LogP contribution in [-0.2, 0) is 7.05 Å². The third-order valence-electron chi connectivity index (χ3n) is 6.20. The van der Waals surface area contributed by atoms with Crippen molar-refractivity contribution in [1.29, 1.82) is 5.26 Å². The van der Waals surface area contributed by atoms with E-state index in [1.54, 1.807) is 10.9 Å². The second-order valence-corrected chi connectivity index (χ2v) is 7.83. The highest BCUT2D eigenvalue weighted by Gasteiger charge is 2.58. The Morgan fingerprint density at radius 3 is 2.96 bits per heavy atom. The highest BCUT2D eigenvalue weighted by Crippen LogP contribution is 2.60. The molecule has 8 nitrogen and oxygen atoms in total. The van der Waals surface area contributed by atoms with Crippen LogP contribution in [-0.4, -0.2) is 37.8 Å². The zero-order valence-corrected chi connectivity index (χ0v) is 15.7. The number of aryl methyl sites for hydroxylation is 2. The molecule has 27 heavy (non-hydrogen) atoms. The lowest BCUT2D eigenvalue weighted by Crippen LogP contribution is -2.26. The number of nitrogens with zero attached hydrogens (tertiary/aromatic N) is 6. The minimum atomic E-state index is 0.438. The zero-order chi connectivity index (χ0) is 18.8. The number of aromatic nitrogens is 5. The smallest absolute Gasteiger partial charge is 0.231 e. The fraction of sp³-hybridized carbons (Fsp3) is 0.474. The van der Waals surface area contributed by atoms with Gasteiger partial charge in [0.25, 0.3) is 0 Å². The Balaban J connectivity index is 1.58. The lowest BCUT2D eigenvalue weighted by atomic mass is 10.0. The maximum Gasteiger partial charge on any atom is 0.231 e. The van der Waals surface area contributed by atoms with Gasteiger partial charge in [0.1, 0.15) is 17.5 Å². The Morgan fingerprint density at radius 2 is 2.30 bits per heavy atom. The average molecular weight is 362 g/mol. The van der Waals surface area contributed by atoms with Gasteiger partial charge in [-0.15, -0.1) is 0 Å². The summed E-state index contributed by atoms with van der Waals surface area (Å²) in [7, 11) is 1.89. The average Bonchev–Trinajstić information content (AvgIpc) is 2.96. The molecule has 2 aliphatic rings. The van der Waals surface area contributed by atoms with Crippen molar-refractivity contribution < 1.29 is 0 Å². The molecule has 0 radical (unpaired) electrons. The van der Waals surface area contributed by atoms with Gasteiger partial charge in [-0.1, -0.05) is 6.92 Å². The van der Waals surface area contributed by atoms with E-state index in [4.69, 9.17) is 4.98 Å². The standard InChI is InChI=1S/C19H22N8/c1-4-19-5-13(19)8-27(10-19)17-15-12(6-20)7-21-16(15)23-18(24-17)22-14-9-26(3)25-11(14)2/h7,9,13H,4-5,8,10H2,1-3H3,(H2,21,22,23,24). The van der Waals surface area contributed by atoms with Crippen molar-refractivity contribution in [2.45, 2.75) is 26.7 Å². The van der Waals surface area contributed by atoms with Crippen molar-refractivity contribution in [3.05, 3.63) is 23.7 Å². The fourth-order valence-electron chi connectivity index (χ4n) is 4.53. The van der Waals surface area contributed by atoms with Crippen LogP contribution in [0, 0.1) is 29.6 Å². The molecule has 3 aromatic heterocycles. The molecule has 138 valence electrons. The van der Waals surface area contributed by atoms with Crippen molar-refractivity contribution in [2.24, 2.45) is 18.4 Å². The zero-order valence-electron chi connectivity index (χ0n) is 15.7. The Morgan fingerprint density at radius 1 is 1.44 bits per heavy atom. The van der Waals surface area contributed by atoms with Crippen LogP contribution in [0.2, 0.25) is 0 Å². The highest BCUT2D eigenvalue weighted by molar-refractivity contribution is 5.94. The van der Waals surface area contributed by atoms with Crippen LogP contribution in [0.1, 0.15) is 31.0 Å². The molecular formula is C19H22N8. The second-order valence-electron chi connectivity index (χ2n) is 7.83. The number of nitriles is 1. The van der Waals surface area contributed by atoms with Gasteiger partial charge < -0.3 is 15.2 Å². The van der Waals surface area contributed by atoms with Crippen molar-refractivity contribution >= 4 is 28.5 Å². The van der Waals surface area contributed by atoms with E-state index in [0.717, 1.165) is 41.6 Å². The maximum absolute atomic E-state index is 9.52. The van der Waals surface area contributed by atoms with E-state index in [9.17, 15) is 5.26 Å². The molecule has 5 rings (SSSR count). The highest BCUT2D eigenvalue weighted by atomic mass is 15.3. The summed E-state index contributed by atoms with van der Waals surface area (Å²) in [5.74, 6) is 2.11. The lowest BCUT2D eigenvalue weighted by molar-refractivity contribution is 0.509. The fourth-order valence-corrected chi connectivity index (χ4v) is 4.53. The summed E-state index contributed by atoms with van der Waals surface area (Å²) in [4.78, 5) is 14.9. The van der Waals surface area contributed by atoms with E-state index >= 15 is 0 Å². The van der Waals surface area contributed by atoms with Crippen molar-refractivity contribution in [1.82, 2.24) is 24.7 Å². The van der Waals surface area contributed by atoms with Crippen LogP contribution >= 0.6 is 0 Å². The van der Waals surface area contributed by atoms with Crippen LogP contribution in [0.25, 0.3) is 11.0 Å². The quantitative estimate of drug-likeness (QED) is 0.740. The van der Waals surface area contributed by atoms with Crippen LogP contribution in [0.5, 0.6) is 0 Å². The minimum Gasteiger partial charge on any atom is -0.355 e. The first kappa shape index (κ1) is 16.1. The van der Waals surface area contributed by atoms with Gasteiger partial charge in [-0.2, -0.15) is 20.3 Å². The van der Waals surface area contributed by atoms with Gasteiger partial charge in [0.15, 0.2) is 0 Å². The molecule has 4 heterocycles. The number of aromatic amines is 1. The van der Waals surface area contributed by atoms with Gasteiger partial charge in [0, 0.05) is 32.5 Å². The number of hydrogen-bond donors (Lipinski definition) is 2. The number of H-pyrrole nitrogens is 1. The molecule has 2 unspecified atom stereocenters. The molecule has 2 fully saturated rings. The van der Waals surface area contributed by atoms with Crippen LogP contribution in [0.4, 0.5) is 17.5 Å². The van der Waals surface area contributed by atoms with E-state index in [2.05, 4.69) is 38.3 Å². The number of anilines is 3. The molecule has 1 aliphatic carbocycles. The van der Waals surface area contributed by atoms with Gasteiger partial charge in [0.2, 0.25) is 5.95 Å². The third-order valence-corrected chi connectivity index (χ3v) is 6.20. The van der Waals surface area contributed by atoms with Gasteiger partial charge in [0.05, 0.1) is 22.3 Å². The molecule has 1 aliphatic heterocycles. The number of piperidine rings is 1. The molecule has 0 amide bonds. The summed E-state index contributed by atoms with van der Waals surface area (Å²) < 4.78 is 1.76. The topological polar surface area (TPSA) is 98.4 Å². The van der Waals surface area contributed by atoms with Crippen LogP contribution in [0.15, 0.2) is 12.4 Å². The number of fused-ring (bicyclic) bond motifs is 2. The maximum atomic E-state index is 9.52. The molecule has 2 N–H and O–H groups in total. The molecule has 1 saturated heterocycles. The van der Waals surface area contributed by atoms with Crippen LogP contribution < -0.4 is 10.2 Å². The third kappa shape index (κ3) is 2.38. The summed E-state index contributed by atoms with van der Waals surface area (Å²) in [5.41, 5.74) is 3.49.